The van der Waals surface area contributed by atoms with Crippen LogP contribution in [0.4, 0.5) is 10.5 Å². The van der Waals surface area contributed by atoms with Crippen LogP contribution < -0.4 is 16.4 Å². The van der Waals surface area contributed by atoms with E-state index in [0.717, 1.165) is 5.69 Å². The van der Waals surface area contributed by atoms with E-state index in [-0.39, 0.29) is 12.1 Å². The van der Waals surface area contributed by atoms with Gasteiger partial charge in [0.2, 0.25) is 0 Å². The van der Waals surface area contributed by atoms with E-state index < -0.39 is 0 Å². The molecule has 1 fully saturated rings. The molecule has 0 radical (unpaired) electrons. The van der Waals surface area contributed by atoms with Crippen LogP contribution in [0, 0.1) is 12.8 Å². The number of nitrogens with two attached hydrogens (primary N) is 1. The molecule has 0 spiro atoms. The van der Waals surface area contributed by atoms with Gasteiger partial charge in [-0.2, -0.15) is 0 Å². The second-order valence-electron chi connectivity index (χ2n) is 4.70. The van der Waals surface area contributed by atoms with Crippen LogP contribution >= 0.6 is 0 Å². The topological polar surface area (TPSA) is 67.2 Å². The zero-order chi connectivity index (χ0) is 12.3. The van der Waals surface area contributed by atoms with E-state index in [0.29, 0.717) is 12.5 Å². The van der Waals surface area contributed by atoms with Crippen LogP contribution in [0.1, 0.15) is 18.4 Å². The molecule has 0 heterocycles. The van der Waals surface area contributed by atoms with Crippen LogP contribution in [0.5, 0.6) is 0 Å². The average Bonchev–Trinajstić information content (AvgIpc) is 3.13. The molecule has 1 aromatic carbocycles. The molecule has 4 nitrogen and oxygen atoms in total. The second-order valence-corrected chi connectivity index (χ2v) is 4.70. The van der Waals surface area contributed by atoms with Gasteiger partial charge in [0.25, 0.3) is 0 Å². The minimum Gasteiger partial charge on any atom is -0.336 e. The van der Waals surface area contributed by atoms with Gasteiger partial charge in [0.1, 0.15) is 0 Å². The van der Waals surface area contributed by atoms with Crippen molar-refractivity contribution in [1.29, 1.82) is 0 Å². The molecular weight excluding hydrogens is 214 g/mol. The number of amides is 2. The van der Waals surface area contributed by atoms with Crippen LogP contribution in [0.15, 0.2) is 24.3 Å². The highest BCUT2D eigenvalue weighted by Gasteiger charge is 2.28. The predicted molar refractivity (Wildman–Crippen MR) is 68.9 cm³/mol. The summed E-state index contributed by atoms with van der Waals surface area (Å²) in [6.45, 7) is 2.56. The van der Waals surface area contributed by atoms with Crippen LogP contribution in [0.25, 0.3) is 0 Å². The number of hydrogen-bond donors (Lipinski definition) is 3. The summed E-state index contributed by atoms with van der Waals surface area (Å²) >= 11 is 0. The van der Waals surface area contributed by atoms with Crippen LogP contribution in [0.3, 0.4) is 0 Å². The lowest BCUT2D eigenvalue weighted by atomic mass is 10.2. The molecule has 1 aliphatic rings. The van der Waals surface area contributed by atoms with Crippen molar-refractivity contribution in [3.63, 3.8) is 0 Å². The standard InChI is InChI=1S/C13H19N3O/c1-9-2-6-11(7-3-9)16-13(17)15-8-12(14)10-4-5-10/h2-3,6-7,10,12H,4-5,8,14H2,1H3,(H2,15,16,17). The van der Waals surface area contributed by atoms with Crippen molar-refractivity contribution in [3.05, 3.63) is 29.8 Å². The number of carbonyl (C=O) groups is 1. The molecular formula is C13H19N3O. The fourth-order valence-corrected chi connectivity index (χ4v) is 1.71. The van der Waals surface area contributed by atoms with E-state index in [2.05, 4.69) is 10.6 Å². The average molecular weight is 233 g/mol. The molecule has 0 saturated heterocycles. The molecule has 17 heavy (non-hydrogen) atoms. The molecule has 4 heteroatoms. The minimum atomic E-state index is -0.190. The van der Waals surface area contributed by atoms with Gasteiger partial charge in [0, 0.05) is 18.3 Å². The van der Waals surface area contributed by atoms with Gasteiger partial charge in [0.05, 0.1) is 0 Å². The summed E-state index contributed by atoms with van der Waals surface area (Å²) in [5.74, 6) is 0.606. The first-order chi connectivity index (χ1) is 8.15. The maximum absolute atomic E-state index is 11.6. The molecule has 92 valence electrons. The number of aryl methyl sites for hydroxylation is 1. The molecule has 1 atom stereocenters. The third-order valence-electron chi connectivity index (χ3n) is 3.04. The number of anilines is 1. The molecule has 0 bridgehead atoms. The van der Waals surface area contributed by atoms with Gasteiger partial charge in [-0.25, -0.2) is 4.79 Å². The normalized spacial score (nSPS) is 16.4. The summed E-state index contributed by atoms with van der Waals surface area (Å²) < 4.78 is 0. The fraction of sp³-hybridized carbons (Fsp3) is 0.462. The van der Waals surface area contributed by atoms with Crippen molar-refractivity contribution < 1.29 is 4.79 Å². The first kappa shape index (κ1) is 11.9. The molecule has 2 amide bonds. The van der Waals surface area contributed by atoms with Crippen molar-refractivity contribution in [2.45, 2.75) is 25.8 Å². The Bertz CT molecular complexity index is 384. The minimum absolute atomic E-state index is 0.0961. The van der Waals surface area contributed by atoms with Crippen molar-refractivity contribution >= 4 is 11.7 Å². The zero-order valence-corrected chi connectivity index (χ0v) is 10.1. The van der Waals surface area contributed by atoms with E-state index in [1.165, 1.54) is 18.4 Å². The molecule has 1 aromatic rings. The lowest BCUT2D eigenvalue weighted by Crippen LogP contribution is -2.40. The quantitative estimate of drug-likeness (QED) is 0.743. The predicted octanol–water partition coefficient (Wildman–Crippen LogP) is 1.85. The third-order valence-corrected chi connectivity index (χ3v) is 3.04. The number of nitrogens with one attached hydrogen (secondary N) is 2. The Kier molecular flexibility index (Phi) is 3.64. The molecule has 0 aliphatic heterocycles. The highest BCUT2D eigenvalue weighted by molar-refractivity contribution is 5.89. The van der Waals surface area contributed by atoms with E-state index in [1.807, 2.05) is 31.2 Å². The molecule has 4 N–H and O–H groups in total. The van der Waals surface area contributed by atoms with Crippen LogP contribution in [0.2, 0.25) is 0 Å². The Labute approximate surface area is 102 Å². The zero-order valence-electron chi connectivity index (χ0n) is 10.1. The van der Waals surface area contributed by atoms with Gasteiger partial charge in [-0.15, -0.1) is 0 Å². The Balaban J connectivity index is 1.74. The Morgan fingerprint density at radius 2 is 2.06 bits per heavy atom. The molecule has 2 rings (SSSR count). The summed E-state index contributed by atoms with van der Waals surface area (Å²) in [5, 5.41) is 5.57. The number of benzene rings is 1. The summed E-state index contributed by atoms with van der Waals surface area (Å²) in [6.07, 6.45) is 2.39. The van der Waals surface area contributed by atoms with E-state index in [9.17, 15) is 4.79 Å². The largest absolute Gasteiger partial charge is 0.336 e. The van der Waals surface area contributed by atoms with Crippen LogP contribution in [-0.4, -0.2) is 18.6 Å². The smallest absolute Gasteiger partial charge is 0.319 e. The lowest BCUT2D eigenvalue weighted by molar-refractivity contribution is 0.251. The van der Waals surface area contributed by atoms with Gasteiger partial charge in [-0.3, -0.25) is 0 Å². The second kappa shape index (κ2) is 5.19. The molecule has 1 unspecified atom stereocenters. The number of urea groups is 1. The maximum atomic E-state index is 11.6. The van der Waals surface area contributed by atoms with Gasteiger partial charge in [0.15, 0.2) is 0 Å². The van der Waals surface area contributed by atoms with Crippen molar-refractivity contribution in [2.24, 2.45) is 11.7 Å². The SMILES string of the molecule is Cc1ccc(NC(=O)NCC(N)C2CC2)cc1. The molecule has 1 saturated carbocycles. The lowest BCUT2D eigenvalue weighted by Gasteiger charge is -2.12. The summed E-state index contributed by atoms with van der Waals surface area (Å²) in [4.78, 5) is 11.6. The molecule has 0 aromatic heterocycles. The monoisotopic (exact) mass is 233 g/mol. The number of rotatable bonds is 4. The van der Waals surface area contributed by atoms with Crippen LogP contribution in [-0.2, 0) is 0 Å². The van der Waals surface area contributed by atoms with Crippen molar-refractivity contribution in [1.82, 2.24) is 5.32 Å². The van der Waals surface area contributed by atoms with E-state index in [4.69, 9.17) is 5.73 Å². The Hall–Kier alpha value is -1.55. The van der Waals surface area contributed by atoms with E-state index in [1.54, 1.807) is 0 Å². The van der Waals surface area contributed by atoms with Gasteiger partial charge in [-0.1, -0.05) is 17.7 Å². The van der Waals surface area contributed by atoms with Crippen molar-refractivity contribution in [2.75, 3.05) is 11.9 Å². The first-order valence-corrected chi connectivity index (χ1v) is 6.02. The van der Waals surface area contributed by atoms with Gasteiger partial charge in [-0.05, 0) is 37.8 Å². The summed E-state index contributed by atoms with van der Waals surface area (Å²) in [7, 11) is 0. The van der Waals surface area contributed by atoms with E-state index >= 15 is 0 Å². The highest BCUT2D eigenvalue weighted by Crippen LogP contribution is 2.31. The highest BCUT2D eigenvalue weighted by atomic mass is 16.2. The Morgan fingerprint density at radius 3 is 2.65 bits per heavy atom. The Morgan fingerprint density at radius 1 is 1.41 bits per heavy atom. The van der Waals surface area contributed by atoms with Crippen molar-refractivity contribution in [3.8, 4) is 0 Å². The molecule has 1 aliphatic carbocycles. The summed E-state index contributed by atoms with van der Waals surface area (Å²) in [6, 6.07) is 7.60. The third kappa shape index (κ3) is 3.75. The first-order valence-electron chi connectivity index (χ1n) is 6.02. The summed E-state index contributed by atoms with van der Waals surface area (Å²) in [5.41, 5.74) is 7.87. The van der Waals surface area contributed by atoms with Gasteiger partial charge < -0.3 is 16.4 Å². The number of hydrogen-bond acceptors (Lipinski definition) is 2. The fourth-order valence-electron chi connectivity index (χ4n) is 1.71. The maximum Gasteiger partial charge on any atom is 0.319 e. The van der Waals surface area contributed by atoms with Gasteiger partial charge >= 0.3 is 6.03 Å². The number of carbonyl (C=O) groups excluding carboxylic acids is 1.